The quantitative estimate of drug-likeness (QED) is 0.759. The highest BCUT2D eigenvalue weighted by atomic mass is 16.5. The predicted molar refractivity (Wildman–Crippen MR) is 92.2 cm³/mol. The second-order valence-corrected chi connectivity index (χ2v) is 5.40. The summed E-state index contributed by atoms with van der Waals surface area (Å²) in [5.74, 6) is -1.90. The van der Waals surface area contributed by atoms with Gasteiger partial charge in [-0.05, 0) is 29.9 Å². The van der Waals surface area contributed by atoms with Crippen LogP contribution in [0.3, 0.4) is 0 Å². The molecule has 2 rings (SSSR count). The van der Waals surface area contributed by atoms with Crippen LogP contribution in [0.15, 0.2) is 30.3 Å². The van der Waals surface area contributed by atoms with Crippen molar-refractivity contribution in [2.45, 2.75) is 13.8 Å². The number of esters is 1. The molecule has 0 aromatic heterocycles. The molecule has 2 aromatic carbocycles. The number of nitrogens with zero attached hydrogens (tertiary/aromatic N) is 1. The molecular weight excluding hydrogens is 308 g/mol. The third kappa shape index (κ3) is 3.65. The van der Waals surface area contributed by atoms with Crippen molar-refractivity contribution in [2.24, 2.45) is 5.73 Å². The molecule has 0 fully saturated rings. The van der Waals surface area contributed by atoms with E-state index < -0.39 is 17.6 Å². The van der Waals surface area contributed by atoms with Crippen molar-refractivity contribution in [1.82, 2.24) is 4.90 Å². The maximum Gasteiger partial charge on any atom is 0.342 e. The Bertz CT molecular complexity index is 754. The van der Waals surface area contributed by atoms with Gasteiger partial charge in [0.15, 0.2) is 0 Å². The first-order valence-corrected chi connectivity index (χ1v) is 7.93. The third-order valence-corrected chi connectivity index (χ3v) is 4.02. The summed E-state index contributed by atoms with van der Waals surface area (Å²) in [5.41, 5.74) is 5.25. The minimum absolute atomic E-state index is 0.0537. The van der Waals surface area contributed by atoms with Crippen LogP contribution in [0.1, 0.15) is 34.6 Å². The van der Waals surface area contributed by atoms with Crippen LogP contribution < -0.4 is 5.73 Å². The number of primary amides is 1. The normalized spacial score (nSPS) is 11.0. The average Bonchev–Trinajstić information content (AvgIpc) is 2.57. The number of benzene rings is 2. The second kappa shape index (κ2) is 7.79. The maximum atomic E-state index is 12.3. The van der Waals surface area contributed by atoms with E-state index >= 15 is 0 Å². The van der Waals surface area contributed by atoms with Crippen molar-refractivity contribution in [1.29, 1.82) is 0 Å². The van der Waals surface area contributed by atoms with Crippen LogP contribution in [0.2, 0.25) is 0 Å². The van der Waals surface area contributed by atoms with E-state index in [-0.39, 0.29) is 17.7 Å². The highest BCUT2D eigenvalue weighted by Crippen LogP contribution is 2.31. The van der Waals surface area contributed by atoms with Crippen LogP contribution in [0.5, 0.6) is 5.75 Å². The van der Waals surface area contributed by atoms with Gasteiger partial charge >= 0.3 is 5.97 Å². The number of rotatable bonds is 7. The zero-order valence-electron chi connectivity index (χ0n) is 13.9. The van der Waals surface area contributed by atoms with Gasteiger partial charge < -0.3 is 20.5 Å². The first-order chi connectivity index (χ1) is 11.5. The molecule has 3 N–H and O–H groups in total. The molecule has 128 valence electrons. The Morgan fingerprint density at radius 2 is 1.88 bits per heavy atom. The largest absolute Gasteiger partial charge is 0.506 e. The molecule has 6 heteroatoms. The Kier molecular flexibility index (Phi) is 5.76. The second-order valence-electron chi connectivity index (χ2n) is 5.40. The number of fused-ring (bicyclic) bond motifs is 1. The van der Waals surface area contributed by atoms with Gasteiger partial charge in [-0.25, -0.2) is 4.79 Å². The number of carbonyl (C=O) groups is 2. The minimum atomic E-state index is -0.790. The van der Waals surface area contributed by atoms with Gasteiger partial charge in [0, 0.05) is 6.54 Å². The summed E-state index contributed by atoms with van der Waals surface area (Å²) < 4.78 is 5.23. The number of hydrogen-bond donors (Lipinski definition) is 2. The zero-order valence-corrected chi connectivity index (χ0v) is 13.9. The van der Waals surface area contributed by atoms with Gasteiger partial charge in [0.1, 0.15) is 17.9 Å². The van der Waals surface area contributed by atoms with Crippen molar-refractivity contribution in [3.8, 4) is 5.75 Å². The fourth-order valence-corrected chi connectivity index (χ4v) is 2.63. The number of carbonyl (C=O) groups excluding carboxylic acids is 2. The monoisotopic (exact) mass is 330 g/mol. The molecule has 6 nitrogen and oxygen atoms in total. The van der Waals surface area contributed by atoms with Crippen molar-refractivity contribution in [3.63, 3.8) is 0 Å². The molecule has 24 heavy (non-hydrogen) atoms. The highest BCUT2D eigenvalue weighted by Gasteiger charge is 2.22. The molecule has 0 saturated heterocycles. The Balaban J connectivity index is 2.30. The van der Waals surface area contributed by atoms with Gasteiger partial charge in [-0.15, -0.1) is 0 Å². The average molecular weight is 330 g/mol. The molecule has 0 heterocycles. The Labute approximate surface area is 140 Å². The van der Waals surface area contributed by atoms with E-state index in [4.69, 9.17) is 10.5 Å². The van der Waals surface area contributed by atoms with Gasteiger partial charge in [0.05, 0.1) is 5.56 Å². The molecule has 0 unspecified atom stereocenters. The zero-order chi connectivity index (χ0) is 17.7. The lowest BCUT2D eigenvalue weighted by Crippen LogP contribution is -2.28. The number of phenols is 1. The highest BCUT2D eigenvalue weighted by molar-refractivity contribution is 6.12. The third-order valence-electron chi connectivity index (χ3n) is 4.02. The number of aromatic hydroxyl groups is 1. The fraction of sp³-hybridized carbons (Fsp3) is 0.333. The van der Waals surface area contributed by atoms with Gasteiger partial charge in [0.2, 0.25) is 0 Å². The number of nitrogens with two attached hydrogens (primary N) is 1. The molecule has 0 bridgehead atoms. The summed E-state index contributed by atoms with van der Waals surface area (Å²) in [7, 11) is 0. The van der Waals surface area contributed by atoms with Crippen LogP contribution in [0, 0.1) is 0 Å². The summed E-state index contributed by atoms with van der Waals surface area (Å²) >= 11 is 0. The predicted octanol–water partition coefficient (Wildman–Crippen LogP) is 2.14. The SMILES string of the molecule is CCN(CC)CCOC(=O)c1cc2ccccc2c(C(N)=O)c1O. The van der Waals surface area contributed by atoms with Crippen LogP contribution in [-0.2, 0) is 4.74 Å². The standard InChI is InChI=1S/C18H22N2O4/c1-3-20(4-2)9-10-24-18(23)14-11-12-7-5-6-8-13(12)15(16(14)21)17(19)22/h5-8,11,21H,3-4,9-10H2,1-2H3,(H2,19,22). The first-order valence-electron chi connectivity index (χ1n) is 7.93. The topological polar surface area (TPSA) is 92.9 Å². The van der Waals surface area contributed by atoms with E-state index in [1.807, 2.05) is 13.8 Å². The first kappa shape index (κ1) is 17.7. The van der Waals surface area contributed by atoms with Crippen molar-refractivity contribution < 1.29 is 19.4 Å². The molecule has 0 spiro atoms. The molecule has 0 radical (unpaired) electrons. The summed E-state index contributed by atoms with van der Waals surface area (Å²) in [5, 5.41) is 11.5. The summed E-state index contributed by atoms with van der Waals surface area (Å²) in [4.78, 5) is 26.1. The van der Waals surface area contributed by atoms with Crippen molar-refractivity contribution in [3.05, 3.63) is 41.5 Å². The van der Waals surface area contributed by atoms with Gasteiger partial charge in [0.25, 0.3) is 5.91 Å². The number of hydrogen-bond acceptors (Lipinski definition) is 5. The number of ether oxygens (including phenoxy) is 1. The molecule has 0 atom stereocenters. The van der Waals surface area contributed by atoms with Crippen LogP contribution in [-0.4, -0.2) is 48.1 Å². The van der Waals surface area contributed by atoms with E-state index in [1.54, 1.807) is 24.3 Å². The lowest BCUT2D eigenvalue weighted by Gasteiger charge is -2.18. The molecule has 0 aliphatic heterocycles. The van der Waals surface area contributed by atoms with Crippen molar-refractivity contribution >= 4 is 22.6 Å². The number of likely N-dealkylation sites (N-methyl/N-ethyl adjacent to an activating group) is 1. The summed E-state index contributed by atoms with van der Waals surface area (Å²) in [6.07, 6.45) is 0. The maximum absolute atomic E-state index is 12.3. The Morgan fingerprint density at radius 1 is 1.21 bits per heavy atom. The van der Waals surface area contributed by atoms with Gasteiger partial charge in [-0.2, -0.15) is 0 Å². The van der Waals surface area contributed by atoms with Crippen LogP contribution in [0.4, 0.5) is 0 Å². The Hall–Kier alpha value is -2.60. The van der Waals surface area contributed by atoms with Crippen LogP contribution >= 0.6 is 0 Å². The lowest BCUT2D eigenvalue weighted by atomic mass is 9.99. The van der Waals surface area contributed by atoms with E-state index in [1.165, 1.54) is 6.07 Å². The molecule has 0 saturated carbocycles. The Morgan fingerprint density at radius 3 is 2.50 bits per heavy atom. The molecule has 2 aromatic rings. The summed E-state index contributed by atoms with van der Waals surface area (Å²) in [6.45, 7) is 6.59. The van der Waals surface area contributed by atoms with E-state index in [0.29, 0.717) is 17.3 Å². The van der Waals surface area contributed by atoms with Crippen molar-refractivity contribution in [2.75, 3.05) is 26.2 Å². The molecular formula is C18H22N2O4. The van der Waals surface area contributed by atoms with E-state index in [2.05, 4.69) is 4.90 Å². The molecule has 0 aliphatic carbocycles. The molecule has 0 aliphatic rings. The van der Waals surface area contributed by atoms with E-state index in [9.17, 15) is 14.7 Å². The van der Waals surface area contributed by atoms with Gasteiger partial charge in [-0.3, -0.25) is 4.79 Å². The van der Waals surface area contributed by atoms with Crippen LogP contribution in [0.25, 0.3) is 10.8 Å². The minimum Gasteiger partial charge on any atom is -0.506 e. The van der Waals surface area contributed by atoms with E-state index in [0.717, 1.165) is 13.1 Å². The van der Waals surface area contributed by atoms with Gasteiger partial charge in [-0.1, -0.05) is 38.1 Å². The number of amides is 1. The molecule has 1 amide bonds. The summed E-state index contributed by atoms with van der Waals surface area (Å²) in [6, 6.07) is 8.44. The fourth-order valence-electron chi connectivity index (χ4n) is 2.63. The lowest BCUT2D eigenvalue weighted by molar-refractivity contribution is 0.0463. The smallest absolute Gasteiger partial charge is 0.342 e.